The lowest BCUT2D eigenvalue weighted by Crippen LogP contribution is -2.48. The lowest BCUT2D eigenvalue weighted by atomic mass is 10.2. The molecule has 0 radical (unpaired) electrons. The third kappa shape index (κ3) is 3.25. The van der Waals surface area contributed by atoms with Crippen LogP contribution >= 0.6 is 11.5 Å². The van der Waals surface area contributed by atoms with Gasteiger partial charge in [0.2, 0.25) is 15.2 Å². The van der Waals surface area contributed by atoms with Crippen molar-refractivity contribution in [2.75, 3.05) is 31.1 Å². The fourth-order valence-corrected chi connectivity index (χ4v) is 5.05. The average molecular weight is 375 g/mol. The third-order valence-electron chi connectivity index (χ3n) is 4.50. The second kappa shape index (κ2) is 6.37. The van der Waals surface area contributed by atoms with Crippen LogP contribution in [0.5, 0.6) is 0 Å². The zero-order valence-corrected chi connectivity index (χ0v) is 15.1. The van der Waals surface area contributed by atoms with Crippen LogP contribution in [0, 0.1) is 11.3 Å². The van der Waals surface area contributed by atoms with Gasteiger partial charge in [0, 0.05) is 43.6 Å². The summed E-state index contributed by atoms with van der Waals surface area (Å²) >= 11 is 1.40. The van der Waals surface area contributed by atoms with Crippen molar-refractivity contribution in [3.8, 4) is 6.07 Å². The van der Waals surface area contributed by atoms with Crippen molar-refractivity contribution in [3.05, 3.63) is 35.7 Å². The van der Waals surface area contributed by atoms with Crippen molar-refractivity contribution in [1.82, 2.24) is 13.7 Å². The second-order valence-corrected chi connectivity index (χ2v) is 8.90. The third-order valence-corrected chi connectivity index (χ3v) is 7.21. The molecule has 25 heavy (non-hydrogen) atoms. The maximum atomic E-state index is 12.7. The number of aromatic nitrogens is 2. The topological polar surface area (TPSA) is 90.2 Å². The number of hydrogen-bond acceptors (Lipinski definition) is 7. The van der Waals surface area contributed by atoms with Crippen molar-refractivity contribution in [2.45, 2.75) is 23.7 Å². The predicted molar refractivity (Wildman–Crippen MR) is 94.0 cm³/mol. The van der Waals surface area contributed by atoms with E-state index >= 15 is 0 Å². The highest BCUT2D eigenvalue weighted by molar-refractivity contribution is 7.89. The molecule has 1 aromatic heterocycles. The van der Waals surface area contributed by atoms with E-state index in [1.165, 1.54) is 52.9 Å². The van der Waals surface area contributed by atoms with Crippen molar-refractivity contribution < 1.29 is 8.42 Å². The molecule has 0 unspecified atom stereocenters. The Hall–Kier alpha value is -2.02. The Balaban J connectivity index is 1.43. The smallest absolute Gasteiger partial charge is 0.243 e. The Morgan fingerprint density at radius 2 is 1.80 bits per heavy atom. The van der Waals surface area contributed by atoms with E-state index < -0.39 is 10.0 Å². The summed E-state index contributed by atoms with van der Waals surface area (Å²) in [6.45, 7) is 2.05. The van der Waals surface area contributed by atoms with E-state index in [0.29, 0.717) is 37.7 Å². The molecule has 4 rings (SSSR count). The van der Waals surface area contributed by atoms with Gasteiger partial charge >= 0.3 is 0 Å². The van der Waals surface area contributed by atoms with Crippen LogP contribution in [-0.4, -0.2) is 48.3 Å². The number of anilines is 1. The molecule has 0 amide bonds. The minimum absolute atomic E-state index is 0.229. The van der Waals surface area contributed by atoms with E-state index in [4.69, 9.17) is 5.26 Å². The summed E-state index contributed by atoms with van der Waals surface area (Å²) in [4.78, 5) is 6.93. The predicted octanol–water partition coefficient (Wildman–Crippen LogP) is 1.80. The fraction of sp³-hybridized carbons (Fsp3) is 0.438. The Morgan fingerprint density at radius 3 is 2.40 bits per heavy atom. The number of nitrogens with zero attached hydrogens (tertiary/aromatic N) is 5. The quantitative estimate of drug-likeness (QED) is 0.809. The normalized spacial score (nSPS) is 18.9. The Morgan fingerprint density at radius 1 is 1.12 bits per heavy atom. The van der Waals surface area contributed by atoms with Crippen LogP contribution in [0.2, 0.25) is 0 Å². The highest BCUT2D eigenvalue weighted by Gasteiger charge is 2.31. The molecule has 1 aliphatic heterocycles. The molecular formula is C16H17N5O2S2. The zero-order chi connectivity index (χ0) is 17.4. The average Bonchev–Trinajstić information content (AvgIpc) is 3.39. The zero-order valence-electron chi connectivity index (χ0n) is 13.5. The van der Waals surface area contributed by atoms with E-state index in [-0.39, 0.29) is 4.90 Å². The number of nitriles is 1. The van der Waals surface area contributed by atoms with Crippen molar-refractivity contribution in [2.24, 2.45) is 0 Å². The van der Waals surface area contributed by atoms with Crippen molar-refractivity contribution in [3.63, 3.8) is 0 Å². The van der Waals surface area contributed by atoms with Gasteiger partial charge in [-0.3, -0.25) is 0 Å². The molecule has 0 atom stereocenters. The van der Waals surface area contributed by atoms with Gasteiger partial charge in [-0.15, -0.1) is 0 Å². The Kier molecular flexibility index (Phi) is 4.19. The summed E-state index contributed by atoms with van der Waals surface area (Å²) in [5.41, 5.74) is 0.450. The summed E-state index contributed by atoms with van der Waals surface area (Å²) in [5.74, 6) is 1.47. The van der Waals surface area contributed by atoms with Crippen LogP contribution < -0.4 is 4.90 Å². The maximum absolute atomic E-state index is 12.7. The molecule has 2 fully saturated rings. The molecule has 9 heteroatoms. The monoisotopic (exact) mass is 375 g/mol. The van der Waals surface area contributed by atoms with Gasteiger partial charge in [0.05, 0.1) is 16.5 Å². The molecule has 130 valence electrons. The first kappa shape index (κ1) is 16.4. The molecule has 2 aliphatic rings. The maximum Gasteiger partial charge on any atom is 0.243 e. The minimum atomic E-state index is -3.53. The molecule has 1 saturated heterocycles. The van der Waals surface area contributed by atoms with Crippen LogP contribution in [0.15, 0.2) is 29.2 Å². The highest BCUT2D eigenvalue weighted by Crippen LogP contribution is 2.39. The molecule has 0 bridgehead atoms. The minimum Gasteiger partial charge on any atom is -0.344 e. The van der Waals surface area contributed by atoms with Gasteiger partial charge in [0.25, 0.3) is 0 Å². The van der Waals surface area contributed by atoms with Crippen molar-refractivity contribution in [1.29, 1.82) is 5.26 Å². The molecule has 1 saturated carbocycles. The fourth-order valence-electron chi connectivity index (χ4n) is 2.83. The first-order valence-electron chi connectivity index (χ1n) is 8.17. The Bertz CT molecular complexity index is 905. The molecule has 7 nitrogen and oxygen atoms in total. The van der Waals surface area contributed by atoms with Gasteiger partial charge in [-0.2, -0.15) is 13.9 Å². The van der Waals surface area contributed by atoms with Gasteiger partial charge in [-0.05, 0) is 37.1 Å². The first-order chi connectivity index (χ1) is 12.1. The molecule has 0 spiro atoms. The van der Waals surface area contributed by atoms with Gasteiger partial charge < -0.3 is 4.90 Å². The summed E-state index contributed by atoms with van der Waals surface area (Å²) in [6.07, 6.45) is 2.35. The molecule has 2 aromatic rings. The standard InChI is InChI=1S/C16H17N5O2S2/c17-11-12-1-5-14(6-2-12)25(22,23)21-9-7-20(8-10-21)16-18-15(19-24-16)13-3-4-13/h1-2,5-6,13H,3-4,7-10H2. The SMILES string of the molecule is N#Cc1ccc(S(=O)(=O)N2CCN(c3nc(C4CC4)ns3)CC2)cc1. The first-order valence-corrected chi connectivity index (χ1v) is 10.4. The summed E-state index contributed by atoms with van der Waals surface area (Å²) in [6, 6.07) is 8.05. The molecule has 0 N–H and O–H groups in total. The molecular weight excluding hydrogens is 358 g/mol. The summed E-state index contributed by atoms with van der Waals surface area (Å²) < 4.78 is 31.4. The number of benzene rings is 1. The second-order valence-electron chi connectivity index (χ2n) is 6.24. The lowest BCUT2D eigenvalue weighted by molar-refractivity contribution is 0.384. The van der Waals surface area contributed by atoms with Gasteiger partial charge in [-0.1, -0.05) is 0 Å². The van der Waals surface area contributed by atoms with E-state index in [2.05, 4.69) is 14.3 Å². The number of rotatable bonds is 4. The van der Waals surface area contributed by atoms with E-state index in [1.807, 2.05) is 6.07 Å². The highest BCUT2D eigenvalue weighted by atomic mass is 32.2. The number of piperazine rings is 1. The van der Waals surface area contributed by atoms with E-state index in [0.717, 1.165) is 11.0 Å². The van der Waals surface area contributed by atoms with E-state index in [1.54, 1.807) is 0 Å². The van der Waals surface area contributed by atoms with Gasteiger partial charge in [0.15, 0.2) is 0 Å². The molecule has 2 heterocycles. The number of sulfonamides is 1. The van der Waals surface area contributed by atoms with Crippen LogP contribution in [0.4, 0.5) is 5.13 Å². The summed E-state index contributed by atoms with van der Waals surface area (Å²) in [7, 11) is -3.53. The van der Waals surface area contributed by atoms with Gasteiger partial charge in [-0.25, -0.2) is 13.4 Å². The van der Waals surface area contributed by atoms with Crippen LogP contribution in [0.25, 0.3) is 0 Å². The van der Waals surface area contributed by atoms with Crippen LogP contribution in [0.3, 0.4) is 0 Å². The van der Waals surface area contributed by atoms with Crippen LogP contribution in [0.1, 0.15) is 30.1 Å². The van der Waals surface area contributed by atoms with Crippen LogP contribution in [-0.2, 0) is 10.0 Å². The molecule has 1 aromatic carbocycles. The largest absolute Gasteiger partial charge is 0.344 e. The lowest BCUT2D eigenvalue weighted by Gasteiger charge is -2.33. The number of hydrogen-bond donors (Lipinski definition) is 0. The van der Waals surface area contributed by atoms with Crippen molar-refractivity contribution >= 4 is 26.7 Å². The summed E-state index contributed by atoms with van der Waals surface area (Å²) in [5, 5.41) is 9.72. The van der Waals surface area contributed by atoms with E-state index in [9.17, 15) is 8.42 Å². The van der Waals surface area contributed by atoms with Gasteiger partial charge in [0.1, 0.15) is 5.82 Å². The Labute approximate surface area is 150 Å². The molecule has 1 aliphatic carbocycles.